The fourth-order valence-electron chi connectivity index (χ4n) is 11.6. The smallest absolute Gasteiger partial charge is 0.337 e. The number of nitrogens with one attached hydrogen (secondary N) is 3. The first kappa shape index (κ1) is 70.3. The van der Waals surface area contributed by atoms with Crippen LogP contribution in [0.4, 0.5) is 22.7 Å². The molecule has 22 heteroatoms. The molecule has 7 aromatic carbocycles. The summed E-state index contributed by atoms with van der Waals surface area (Å²) in [5.41, 5.74) is 20.5. The number of carboxylic acid groups (broad SMARTS) is 1. The minimum atomic E-state index is -0.946. The Morgan fingerprint density at radius 3 is 1.32 bits per heavy atom. The van der Waals surface area contributed by atoms with Gasteiger partial charge in [-0.15, -0.1) is 22.7 Å². The van der Waals surface area contributed by atoms with Gasteiger partial charge in [-0.3, -0.25) is 43.9 Å². The molecule has 5 aromatic heterocycles. The van der Waals surface area contributed by atoms with Gasteiger partial charge in [-0.1, -0.05) is 78.9 Å². The van der Waals surface area contributed by atoms with Crippen LogP contribution in [0.2, 0.25) is 0 Å². The zero-order chi connectivity index (χ0) is 70.1. The lowest BCUT2D eigenvalue weighted by Crippen LogP contribution is -2.32. The van der Waals surface area contributed by atoms with E-state index in [2.05, 4.69) is 77.1 Å². The Balaban J connectivity index is 0.000000152. The van der Waals surface area contributed by atoms with E-state index in [9.17, 15) is 24.0 Å². The standard InChI is InChI=1S/C34H32N4O4S.C24H27N3O3S.C10H6ClNO.C10H7NO2/c1-41-31-16-23-12-14-38(19-26(23)17-32(31)42-2)13-11-22-7-9-27(10-8-22)36-34(40)28-20-43-21-30(28)37-33(39)25-15-24-5-3-4-6-29(24)35-18-25;1-29-22-11-17-8-10-27(13-18(17)12-23(22)30-2)9-7-16-3-5-19(6-4-16)26-24(28)20-14-31-15-21(20)25;11-10(13)8-5-7-3-1-2-4-9(7)12-6-8;12-10(13)8-5-7-3-1-2-4-9(7)11-6-8/h3-10,15-18,20-21H,11-14,19H2,1-2H3,(H,36,40)(H,37,39);3-6,11-12,14-15H,7-10,13,25H2,1-2H3,(H,26,28);1-6H;1-6H,(H,12,13). The predicted molar refractivity (Wildman–Crippen MR) is 397 cm³/mol. The number of nitrogens with zero attached hydrogens (tertiary/aromatic N) is 5. The molecule has 2 aliphatic rings. The molecule has 14 rings (SSSR count). The van der Waals surface area contributed by atoms with Gasteiger partial charge in [0.1, 0.15) is 0 Å². The number of thiophene rings is 2. The molecular formula is C78H72ClN9O10S2. The summed E-state index contributed by atoms with van der Waals surface area (Å²) in [6.07, 6.45) is 8.24. The molecular weight excluding hydrogens is 1320 g/mol. The fourth-order valence-corrected chi connectivity index (χ4v) is 13.1. The van der Waals surface area contributed by atoms with E-state index in [1.165, 1.54) is 68.4 Å². The monoisotopic (exact) mass is 1390 g/mol. The molecule has 0 unspecified atom stereocenters. The molecule has 6 N–H and O–H groups in total. The zero-order valence-corrected chi connectivity index (χ0v) is 57.7. The number of fused-ring (bicyclic) bond motifs is 5. The highest BCUT2D eigenvalue weighted by Gasteiger charge is 2.23. The van der Waals surface area contributed by atoms with Crippen LogP contribution in [0, 0.1) is 0 Å². The normalized spacial score (nSPS) is 12.4. The molecule has 0 spiro atoms. The highest BCUT2D eigenvalue weighted by Crippen LogP contribution is 2.35. The number of para-hydroxylation sites is 3. The first-order valence-corrected chi connectivity index (χ1v) is 34.3. The van der Waals surface area contributed by atoms with Crippen molar-refractivity contribution in [1.82, 2.24) is 24.8 Å². The van der Waals surface area contributed by atoms with Crippen LogP contribution in [-0.2, 0) is 38.8 Å². The number of hydrogen-bond acceptors (Lipinski definition) is 17. The van der Waals surface area contributed by atoms with Gasteiger partial charge in [0.2, 0.25) is 0 Å². The number of halogens is 1. The van der Waals surface area contributed by atoms with Gasteiger partial charge >= 0.3 is 5.97 Å². The summed E-state index contributed by atoms with van der Waals surface area (Å²) < 4.78 is 21.8. The first-order chi connectivity index (χ1) is 48.6. The lowest BCUT2D eigenvalue weighted by atomic mass is 9.98. The van der Waals surface area contributed by atoms with Crippen molar-refractivity contribution in [1.29, 1.82) is 0 Å². The third-order valence-corrected chi connectivity index (χ3v) is 18.8. The second-order valence-corrected chi connectivity index (χ2v) is 25.4. The number of nitrogens with two attached hydrogens (primary N) is 1. The van der Waals surface area contributed by atoms with E-state index >= 15 is 0 Å². The number of carbonyl (C=O) groups excluding carboxylic acids is 4. The Bertz CT molecular complexity index is 4820. The topological polar surface area (TPSA) is 250 Å². The number of nitrogen functional groups attached to an aromatic ring is 1. The van der Waals surface area contributed by atoms with Crippen molar-refractivity contribution < 1.29 is 48.0 Å². The van der Waals surface area contributed by atoms with Crippen molar-refractivity contribution >= 4 is 119 Å². The van der Waals surface area contributed by atoms with Gasteiger partial charge in [0.25, 0.3) is 23.0 Å². The maximum Gasteiger partial charge on any atom is 0.337 e. The van der Waals surface area contributed by atoms with E-state index in [1.807, 2.05) is 109 Å². The predicted octanol–water partition coefficient (Wildman–Crippen LogP) is 15.2. The summed E-state index contributed by atoms with van der Waals surface area (Å²) in [7, 11) is 6.68. The lowest BCUT2D eigenvalue weighted by molar-refractivity contribution is 0.0695. The Labute approximate surface area is 591 Å². The van der Waals surface area contributed by atoms with Gasteiger partial charge in [0.05, 0.1) is 84.2 Å². The van der Waals surface area contributed by atoms with Crippen molar-refractivity contribution in [3.05, 3.63) is 265 Å². The van der Waals surface area contributed by atoms with E-state index in [1.54, 1.807) is 74.4 Å². The number of anilines is 4. The number of ether oxygens (including phenoxy) is 4. The summed E-state index contributed by atoms with van der Waals surface area (Å²) in [6.45, 7) is 5.72. The van der Waals surface area contributed by atoms with E-state index in [-0.39, 0.29) is 23.3 Å². The number of amides is 3. The number of benzene rings is 7. The number of carbonyl (C=O) groups is 5. The third kappa shape index (κ3) is 18.0. The largest absolute Gasteiger partial charge is 0.493 e. The number of rotatable bonds is 18. The van der Waals surface area contributed by atoms with E-state index in [4.69, 9.17) is 41.4 Å². The van der Waals surface area contributed by atoms with Gasteiger partial charge < -0.3 is 45.7 Å². The van der Waals surface area contributed by atoms with Crippen LogP contribution in [0.3, 0.4) is 0 Å². The second kappa shape index (κ2) is 33.5. The zero-order valence-electron chi connectivity index (χ0n) is 55.3. The molecule has 0 aliphatic carbocycles. The van der Waals surface area contributed by atoms with Crippen molar-refractivity contribution in [2.75, 3.05) is 76.3 Å². The van der Waals surface area contributed by atoms with Crippen LogP contribution >= 0.6 is 34.3 Å². The minimum absolute atomic E-state index is 0.175. The molecule has 3 amide bonds. The quantitative estimate of drug-likeness (QED) is 0.0501. The number of methoxy groups -OCH3 is 4. The highest BCUT2D eigenvalue weighted by atomic mass is 35.5. The van der Waals surface area contributed by atoms with Crippen LogP contribution in [0.25, 0.3) is 32.7 Å². The summed E-state index contributed by atoms with van der Waals surface area (Å²) in [4.78, 5) is 77.1. The second-order valence-electron chi connectivity index (χ2n) is 23.5. The molecule has 7 heterocycles. The minimum Gasteiger partial charge on any atom is -0.493 e. The molecule has 0 saturated heterocycles. The average Bonchev–Trinajstić information content (AvgIpc) is 1.14. The molecule has 0 bridgehead atoms. The number of hydrogen-bond donors (Lipinski definition) is 5. The van der Waals surface area contributed by atoms with Gasteiger partial charge in [-0.05, 0) is 156 Å². The molecule has 100 heavy (non-hydrogen) atoms. The number of aromatic nitrogens is 3. The molecule has 0 saturated carbocycles. The van der Waals surface area contributed by atoms with Crippen molar-refractivity contribution in [3.63, 3.8) is 0 Å². The maximum atomic E-state index is 13.1. The van der Waals surface area contributed by atoms with E-state index < -0.39 is 11.2 Å². The highest BCUT2D eigenvalue weighted by molar-refractivity contribution is 7.09. The number of aromatic carboxylic acids is 1. The van der Waals surface area contributed by atoms with Crippen molar-refractivity contribution in [2.24, 2.45) is 0 Å². The van der Waals surface area contributed by atoms with Gasteiger partial charge in [0, 0.05) is 107 Å². The maximum absolute atomic E-state index is 13.1. The summed E-state index contributed by atoms with van der Waals surface area (Å²) in [5, 5.41) is 26.6. The molecule has 19 nitrogen and oxygen atoms in total. The van der Waals surface area contributed by atoms with Gasteiger partial charge in [-0.2, -0.15) is 0 Å². The van der Waals surface area contributed by atoms with Crippen molar-refractivity contribution in [2.45, 2.75) is 38.8 Å². The molecule has 508 valence electrons. The SMILES string of the molecule is COc1cc2c(cc1OC)CN(CCc1ccc(NC(=O)c3cscc3N)cc1)CC2.COc1cc2c(cc1OC)CN(CCc1ccc(NC(=O)c3cscc3NC(=O)c3cnc4ccccc4c3)cc1)CC2.O=C(Cl)c1cnc2ccccc2c1.O=C(O)c1cnc2ccccc2c1. The van der Waals surface area contributed by atoms with E-state index in [0.29, 0.717) is 39.3 Å². The summed E-state index contributed by atoms with van der Waals surface area (Å²) in [5.74, 6) is 1.41. The lowest BCUT2D eigenvalue weighted by Gasteiger charge is -2.29. The Morgan fingerprint density at radius 1 is 0.480 bits per heavy atom. The van der Waals surface area contributed by atoms with Crippen LogP contribution in [0.15, 0.2) is 204 Å². The number of carboxylic acids is 1. The van der Waals surface area contributed by atoms with Crippen molar-refractivity contribution in [3.8, 4) is 23.0 Å². The first-order valence-electron chi connectivity index (χ1n) is 32.0. The Morgan fingerprint density at radius 2 is 0.880 bits per heavy atom. The van der Waals surface area contributed by atoms with Crippen LogP contribution < -0.4 is 40.6 Å². The summed E-state index contributed by atoms with van der Waals surface area (Å²) >= 11 is 8.11. The molecule has 2 aliphatic heterocycles. The van der Waals surface area contributed by atoms with E-state index in [0.717, 1.165) is 126 Å². The van der Waals surface area contributed by atoms with Crippen LogP contribution in [0.5, 0.6) is 23.0 Å². The van der Waals surface area contributed by atoms with Gasteiger partial charge in [-0.25, -0.2) is 4.79 Å². The molecule has 0 radical (unpaired) electrons. The van der Waals surface area contributed by atoms with Crippen LogP contribution in [-0.4, -0.2) is 113 Å². The summed E-state index contributed by atoms with van der Waals surface area (Å²) in [6, 6.07) is 52.1. The third-order valence-electron chi connectivity index (χ3n) is 17.1. The Kier molecular flexibility index (Phi) is 23.5. The fraction of sp³-hybridized carbons (Fsp3) is 0.179. The average molecular weight is 1400 g/mol. The Hall–Kier alpha value is -11.1. The van der Waals surface area contributed by atoms with Gasteiger partial charge in [0.15, 0.2) is 23.0 Å². The molecule has 12 aromatic rings. The van der Waals surface area contributed by atoms with Crippen LogP contribution in [0.1, 0.15) is 85.2 Å². The molecule has 0 fully saturated rings. The number of pyridine rings is 3. The molecule has 0 atom stereocenters.